The molecule has 2 rings (SSSR count). The van der Waals surface area contributed by atoms with E-state index >= 15 is 0 Å². The highest BCUT2D eigenvalue weighted by Gasteiger charge is 2.32. The second-order valence-electron chi connectivity index (χ2n) is 4.91. The Labute approximate surface area is 113 Å². The third-order valence-corrected chi connectivity index (χ3v) is 4.91. The average molecular weight is 285 g/mol. The van der Waals surface area contributed by atoms with E-state index in [0.717, 1.165) is 0 Å². The Balaban J connectivity index is 2.21. The largest absolute Gasteiger partial charge is 0.381 e. The summed E-state index contributed by atoms with van der Waals surface area (Å²) in [6, 6.07) is 3.01. The predicted molar refractivity (Wildman–Crippen MR) is 72.6 cm³/mol. The molecule has 0 bridgehead atoms. The first-order valence-electron chi connectivity index (χ1n) is 6.21. The quantitative estimate of drug-likeness (QED) is 0.861. The SMILES string of the molecule is CNc1cc(S(=O)(=O)NC2(C)CCOCC2)ccn1. The van der Waals surface area contributed by atoms with Gasteiger partial charge >= 0.3 is 0 Å². The van der Waals surface area contributed by atoms with Crippen LogP contribution in [0.25, 0.3) is 0 Å². The number of hydrogen-bond acceptors (Lipinski definition) is 5. The number of pyridine rings is 1. The van der Waals surface area contributed by atoms with Crippen molar-refractivity contribution in [3.63, 3.8) is 0 Å². The molecule has 0 aliphatic carbocycles. The molecule has 1 saturated heterocycles. The lowest BCUT2D eigenvalue weighted by Crippen LogP contribution is -2.49. The molecule has 0 unspecified atom stereocenters. The number of anilines is 1. The monoisotopic (exact) mass is 285 g/mol. The fourth-order valence-electron chi connectivity index (χ4n) is 2.02. The lowest BCUT2D eigenvalue weighted by atomic mass is 9.94. The third-order valence-electron chi connectivity index (χ3n) is 3.27. The van der Waals surface area contributed by atoms with E-state index < -0.39 is 15.6 Å². The van der Waals surface area contributed by atoms with Crippen molar-refractivity contribution in [1.29, 1.82) is 0 Å². The summed E-state index contributed by atoms with van der Waals surface area (Å²) in [5.74, 6) is 0.528. The predicted octanol–water partition coefficient (Wildman–Crippen LogP) is 0.971. The molecule has 1 aromatic heterocycles. The first-order chi connectivity index (χ1) is 8.95. The van der Waals surface area contributed by atoms with Crippen LogP contribution in [0.2, 0.25) is 0 Å². The van der Waals surface area contributed by atoms with Crippen molar-refractivity contribution in [2.24, 2.45) is 0 Å². The van der Waals surface area contributed by atoms with E-state index in [1.165, 1.54) is 18.3 Å². The molecule has 1 fully saturated rings. The topological polar surface area (TPSA) is 80.3 Å². The molecule has 19 heavy (non-hydrogen) atoms. The van der Waals surface area contributed by atoms with Gasteiger partial charge in [-0.25, -0.2) is 18.1 Å². The van der Waals surface area contributed by atoms with Crippen molar-refractivity contribution in [3.8, 4) is 0 Å². The van der Waals surface area contributed by atoms with Crippen LogP contribution in [-0.4, -0.2) is 39.2 Å². The van der Waals surface area contributed by atoms with Gasteiger partial charge in [0.15, 0.2) is 0 Å². The van der Waals surface area contributed by atoms with Gasteiger partial charge in [0.25, 0.3) is 0 Å². The van der Waals surface area contributed by atoms with Gasteiger partial charge in [0, 0.05) is 38.1 Å². The fourth-order valence-corrected chi connectivity index (χ4v) is 3.50. The van der Waals surface area contributed by atoms with Gasteiger partial charge in [-0.15, -0.1) is 0 Å². The second kappa shape index (κ2) is 5.44. The van der Waals surface area contributed by atoms with Crippen LogP contribution in [0.4, 0.5) is 5.82 Å². The van der Waals surface area contributed by atoms with Crippen LogP contribution in [0.15, 0.2) is 23.2 Å². The Morgan fingerprint density at radius 2 is 2.05 bits per heavy atom. The molecule has 6 nitrogen and oxygen atoms in total. The van der Waals surface area contributed by atoms with E-state index in [9.17, 15) is 8.42 Å². The van der Waals surface area contributed by atoms with Crippen molar-refractivity contribution < 1.29 is 13.2 Å². The highest BCUT2D eigenvalue weighted by atomic mass is 32.2. The number of nitrogens with zero attached hydrogens (tertiary/aromatic N) is 1. The summed E-state index contributed by atoms with van der Waals surface area (Å²) >= 11 is 0. The molecule has 0 radical (unpaired) electrons. The Kier molecular flexibility index (Phi) is 4.07. The molecule has 7 heteroatoms. The maximum absolute atomic E-state index is 12.4. The zero-order valence-corrected chi connectivity index (χ0v) is 12.0. The van der Waals surface area contributed by atoms with Crippen LogP contribution in [0.1, 0.15) is 19.8 Å². The molecule has 0 saturated carbocycles. The normalized spacial score (nSPS) is 19.1. The lowest BCUT2D eigenvalue weighted by molar-refractivity contribution is 0.0537. The minimum Gasteiger partial charge on any atom is -0.381 e. The van der Waals surface area contributed by atoms with E-state index in [1.54, 1.807) is 7.05 Å². The Morgan fingerprint density at radius 3 is 2.68 bits per heavy atom. The second-order valence-corrected chi connectivity index (χ2v) is 6.59. The standard InChI is InChI=1S/C12H19N3O3S/c1-12(4-7-18-8-5-12)15-19(16,17)10-3-6-14-11(9-10)13-2/h3,6,9,15H,4-5,7-8H2,1-2H3,(H,13,14). The van der Waals surface area contributed by atoms with Gasteiger partial charge in [-0.05, 0) is 25.8 Å². The van der Waals surface area contributed by atoms with E-state index in [2.05, 4.69) is 15.0 Å². The van der Waals surface area contributed by atoms with Gasteiger partial charge in [0.05, 0.1) is 4.90 Å². The summed E-state index contributed by atoms with van der Waals surface area (Å²) < 4.78 is 32.8. The van der Waals surface area contributed by atoms with Crippen molar-refractivity contribution >= 4 is 15.8 Å². The number of hydrogen-bond donors (Lipinski definition) is 2. The Hall–Kier alpha value is -1.18. The first-order valence-corrected chi connectivity index (χ1v) is 7.69. The summed E-state index contributed by atoms with van der Waals surface area (Å²) in [5.41, 5.74) is -0.444. The zero-order valence-electron chi connectivity index (χ0n) is 11.1. The van der Waals surface area contributed by atoms with Gasteiger partial charge in [0.2, 0.25) is 10.0 Å². The number of sulfonamides is 1. The molecule has 2 N–H and O–H groups in total. The summed E-state index contributed by atoms with van der Waals surface area (Å²) in [6.45, 7) is 3.07. The minimum absolute atomic E-state index is 0.222. The molecule has 1 aliphatic rings. The van der Waals surface area contributed by atoms with Crippen LogP contribution < -0.4 is 10.0 Å². The average Bonchev–Trinajstić information content (AvgIpc) is 2.38. The summed E-state index contributed by atoms with van der Waals surface area (Å²) in [7, 11) is -1.84. The van der Waals surface area contributed by atoms with Crippen molar-refractivity contribution in [2.45, 2.75) is 30.2 Å². The van der Waals surface area contributed by atoms with Crippen molar-refractivity contribution in [1.82, 2.24) is 9.71 Å². The van der Waals surface area contributed by atoms with Crippen LogP contribution in [0.5, 0.6) is 0 Å². The van der Waals surface area contributed by atoms with Crippen LogP contribution in [-0.2, 0) is 14.8 Å². The zero-order chi connectivity index (χ0) is 13.9. The van der Waals surface area contributed by atoms with Crippen molar-refractivity contribution in [2.75, 3.05) is 25.6 Å². The number of ether oxygens (including phenoxy) is 1. The fraction of sp³-hybridized carbons (Fsp3) is 0.583. The van der Waals surface area contributed by atoms with E-state index in [4.69, 9.17) is 4.74 Å². The van der Waals surface area contributed by atoms with Gasteiger partial charge in [-0.2, -0.15) is 0 Å². The van der Waals surface area contributed by atoms with E-state index in [1.807, 2.05) is 6.92 Å². The summed E-state index contributed by atoms with van der Waals surface area (Å²) in [5, 5.41) is 2.83. The van der Waals surface area contributed by atoms with Crippen LogP contribution >= 0.6 is 0 Å². The number of rotatable bonds is 4. The van der Waals surface area contributed by atoms with E-state index in [-0.39, 0.29) is 4.90 Å². The van der Waals surface area contributed by atoms with Gasteiger partial charge < -0.3 is 10.1 Å². The maximum Gasteiger partial charge on any atom is 0.241 e. The van der Waals surface area contributed by atoms with Crippen LogP contribution in [0.3, 0.4) is 0 Å². The molecule has 1 aliphatic heterocycles. The smallest absolute Gasteiger partial charge is 0.241 e. The Bertz CT molecular complexity index is 539. The number of aromatic nitrogens is 1. The first kappa shape index (κ1) is 14.2. The third kappa shape index (κ3) is 3.43. The van der Waals surface area contributed by atoms with Gasteiger partial charge in [0.1, 0.15) is 5.82 Å². The molecule has 0 amide bonds. The summed E-state index contributed by atoms with van der Waals surface area (Å²) in [6.07, 6.45) is 2.83. The van der Waals surface area contributed by atoms with E-state index in [0.29, 0.717) is 31.9 Å². The molecule has 0 spiro atoms. The maximum atomic E-state index is 12.4. The highest BCUT2D eigenvalue weighted by Crippen LogP contribution is 2.23. The number of nitrogens with one attached hydrogen (secondary N) is 2. The van der Waals surface area contributed by atoms with Gasteiger partial charge in [-0.1, -0.05) is 0 Å². The molecule has 0 aromatic carbocycles. The van der Waals surface area contributed by atoms with Crippen LogP contribution in [0, 0.1) is 0 Å². The summed E-state index contributed by atoms with van der Waals surface area (Å²) in [4.78, 5) is 4.23. The molecule has 0 atom stereocenters. The molecule has 106 valence electrons. The minimum atomic E-state index is -3.54. The molecule has 1 aromatic rings. The molecule has 2 heterocycles. The lowest BCUT2D eigenvalue weighted by Gasteiger charge is -2.34. The van der Waals surface area contributed by atoms with Gasteiger partial charge in [-0.3, -0.25) is 0 Å². The Morgan fingerprint density at radius 1 is 1.37 bits per heavy atom. The molecular weight excluding hydrogens is 266 g/mol. The highest BCUT2D eigenvalue weighted by molar-refractivity contribution is 7.89. The molecular formula is C12H19N3O3S. The van der Waals surface area contributed by atoms with Crippen molar-refractivity contribution in [3.05, 3.63) is 18.3 Å².